The van der Waals surface area contributed by atoms with E-state index in [4.69, 9.17) is 4.98 Å². The first-order valence-electron chi connectivity index (χ1n) is 9.64. The van der Waals surface area contributed by atoms with Gasteiger partial charge >= 0.3 is 0 Å². The molecule has 140 valence electrons. The van der Waals surface area contributed by atoms with Gasteiger partial charge in [-0.1, -0.05) is 30.3 Å². The second kappa shape index (κ2) is 7.17. The fourth-order valence-corrected chi connectivity index (χ4v) is 4.15. The lowest BCUT2D eigenvalue weighted by Gasteiger charge is -2.23. The summed E-state index contributed by atoms with van der Waals surface area (Å²) in [6, 6.07) is 15.5. The van der Waals surface area contributed by atoms with E-state index in [2.05, 4.69) is 38.7 Å². The Kier molecular flexibility index (Phi) is 4.37. The molecule has 0 bridgehead atoms. The van der Waals surface area contributed by atoms with E-state index < -0.39 is 0 Å². The minimum absolute atomic E-state index is 0.135. The summed E-state index contributed by atoms with van der Waals surface area (Å²) < 4.78 is 16.2. The summed E-state index contributed by atoms with van der Waals surface area (Å²) in [5.41, 5.74) is 5.13. The molecule has 1 aromatic carbocycles. The molecule has 5 heteroatoms. The van der Waals surface area contributed by atoms with E-state index in [0.29, 0.717) is 6.54 Å². The van der Waals surface area contributed by atoms with Crippen LogP contribution in [-0.4, -0.2) is 25.8 Å². The number of halogens is 1. The van der Waals surface area contributed by atoms with Gasteiger partial charge in [-0.05, 0) is 43.1 Å². The number of aromatic nitrogens is 3. The monoisotopic (exact) mass is 372 g/mol. The van der Waals surface area contributed by atoms with Crippen LogP contribution < -0.4 is 0 Å². The van der Waals surface area contributed by atoms with Crippen molar-refractivity contribution >= 4 is 5.52 Å². The first-order valence-corrected chi connectivity index (χ1v) is 9.64. The van der Waals surface area contributed by atoms with E-state index in [1.165, 1.54) is 6.07 Å². The molecule has 0 radical (unpaired) electrons. The quantitative estimate of drug-likeness (QED) is 0.512. The fourth-order valence-electron chi connectivity index (χ4n) is 4.15. The van der Waals surface area contributed by atoms with E-state index in [9.17, 15) is 4.39 Å². The molecule has 0 aliphatic carbocycles. The van der Waals surface area contributed by atoms with Gasteiger partial charge < -0.3 is 4.40 Å². The van der Waals surface area contributed by atoms with Gasteiger partial charge in [-0.25, -0.2) is 9.37 Å². The van der Waals surface area contributed by atoms with Crippen molar-refractivity contribution in [1.29, 1.82) is 0 Å². The topological polar surface area (TPSA) is 33.4 Å². The molecule has 1 atom stereocenters. The van der Waals surface area contributed by atoms with E-state index in [1.54, 1.807) is 12.3 Å². The van der Waals surface area contributed by atoms with E-state index in [0.717, 1.165) is 47.3 Å². The normalized spacial score (nSPS) is 17.4. The molecule has 1 fully saturated rings. The molecule has 5 rings (SSSR count). The number of benzene rings is 1. The van der Waals surface area contributed by atoms with E-state index >= 15 is 0 Å². The Hall–Kier alpha value is -3.05. The molecule has 1 aliphatic heterocycles. The van der Waals surface area contributed by atoms with E-state index in [1.807, 2.05) is 30.7 Å². The number of rotatable bonds is 4. The average Bonchev–Trinajstić information content (AvgIpc) is 3.36. The van der Waals surface area contributed by atoms with Gasteiger partial charge in [0.1, 0.15) is 5.82 Å². The standard InChI is InChI=1S/C23H21FN4/c24-20-7-2-1-5-19(20)15-27-12-4-8-21(27)23-22-10-9-18(14-28(22)16-26-23)17-6-3-11-25-13-17/h1-3,5-7,9-11,13-14,16,21H,4,8,12,15H2/t21-/m0/s1. The highest BCUT2D eigenvalue weighted by Gasteiger charge is 2.29. The van der Waals surface area contributed by atoms with Gasteiger partial charge in [-0.2, -0.15) is 0 Å². The summed E-state index contributed by atoms with van der Waals surface area (Å²) >= 11 is 0. The molecule has 0 spiro atoms. The zero-order valence-electron chi connectivity index (χ0n) is 15.5. The molecule has 3 aromatic heterocycles. The van der Waals surface area contributed by atoms with Gasteiger partial charge in [0, 0.05) is 36.3 Å². The second-order valence-corrected chi connectivity index (χ2v) is 7.30. The molecule has 1 saturated heterocycles. The maximum absolute atomic E-state index is 14.1. The van der Waals surface area contributed by atoms with Crippen molar-refractivity contribution in [3.8, 4) is 11.1 Å². The lowest BCUT2D eigenvalue weighted by atomic mass is 10.1. The summed E-state index contributed by atoms with van der Waals surface area (Å²) in [5.74, 6) is -0.135. The summed E-state index contributed by atoms with van der Waals surface area (Å²) in [6.45, 7) is 1.58. The first kappa shape index (κ1) is 17.1. The molecule has 0 amide bonds. The number of pyridine rings is 2. The highest BCUT2D eigenvalue weighted by molar-refractivity contribution is 5.66. The summed E-state index contributed by atoms with van der Waals surface area (Å²) in [7, 11) is 0. The van der Waals surface area contributed by atoms with E-state index in [-0.39, 0.29) is 11.9 Å². The molecule has 1 aliphatic rings. The van der Waals surface area contributed by atoms with Crippen LogP contribution in [0.3, 0.4) is 0 Å². The van der Waals surface area contributed by atoms with Crippen molar-refractivity contribution in [2.75, 3.05) is 6.54 Å². The van der Waals surface area contributed by atoms with Crippen LogP contribution in [0.2, 0.25) is 0 Å². The Bertz CT molecular complexity index is 1110. The predicted molar refractivity (Wildman–Crippen MR) is 107 cm³/mol. The van der Waals surface area contributed by atoms with Crippen molar-refractivity contribution < 1.29 is 4.39 Å². The highest BCUT2D eigenvalue weighted by atomic mass is 19.1. The molecule has 0 N–H and O–H groups in total. The van der Waals surface area contributed by atoms with Gasteiger partial charge in [0.2, 0.25) is 0 Å². The van der Waals surface area contributed by atoms with Gasteiger partial charge in [0.05, 0.1) is 23.6 Å². The number of nitrogens with zero attached hydrogens (tertiary/aromatic N) is 4. The van der Waals surface area contributed by atoms with Crippen molar-refractivity contribution in [2.24, 2.45) is 0 Å². The largest absolute Gasteiger partial charge is 0.305 e. The van der Waals surface area contributed by atoms with Crippen molar-refractivity contribution in [3.63, 3.8) is 0 Å². The molecule has 4 nitrogen and oxygen atoms in total. The number of likely N-dealkylation sites (tertiary alicyclic amines) is 1. The summed E-state index contributed by atoms with van der Waals surface area (Å²) in [6.07, 6.45) is 9.77. The third kappa shape index (κ3) is 3.08. The van der Waals surface area contributed by atoms with Crippen molar-refractivity contribution in [1.82, 2.24) is 19.3 Å². The molecule has 28 heavy (non-hydrogen) atoms. The molecule has 0 saturated carbocycles. The number of hydrogen-bond acceptors (Lipinski definition) is 3. The van der Waals surface area contributed by atoms with Crippen LogP contribution in [0.4, 0.5) is 4.39 Å². The SMILES string of the molecule is Fc1ccccc1CN1CCC[C@H]1c1ncn2cc(-c3cccnc3)ccc12. The van der Waals surface area contributed by atoms with Gasteiger partial charge in [-0.15, -0.1) is 0 Å². The Balaban J connectivity index is 1.46. The van der Waals surface area contributed by atoms with Crippen molar-refractivity contribution in [2.45, 2.75) is 25.4 Å². The minimum atomic E-state index is -0.135. The van der Waals surface area contributed by atoms with Crippen LogP contribution in [0.5, 0.6) is 0 Å². The molecule has 0 unspecified atom stereocenters. The Morgan fingerprint density at radius 2 is 1.96 bits per heavy atom. The Morgan fingerprint density at radius 3 is 2.82 bits per heavy atom. The third-order valence-electron chi connectivity index (χ3n) is 5.57. The number of fused-ring (bicyclic) bond motifs is 1. The maximum Gasteiger partial charge on any atom is 0.127 e. The van der Waals surface area contributed by atoms with Crippen LogP contribution in [0.1, 0.15) is 30.1 Å². The summed E-state index contributed by atoms with van der Waals surface area (Å²) in [4.78, 5) is 11.3. The van der Waals surface area contributed by atoms with Gasteiger partial charge in [0.25, 0.3) is 0 Å². The van der Waals surface area contributed by atoms with Gasteiger partial charge in [0.15, 0.2) is 0 Å². The van der Waals surface area contributed by atoms with Crippen LogP contribution >= 0.6 is 0 Å². The molecule has 4 heterocycles. The zero-order valence-corrected chi connectivity index (χ0v) is 15.5. The zero-order chi connectivity index (χ0) is 18.9. The third-order valence-corrected chi connectivity index (χ3v) is 5.57. The van der Waals surface area contributed by atoms with Crippen LogP contribution in [0, 0.1) is 5.82 Å². The van der Waals surface area contributed by atoms with Crippen molar-refractivity contribution in [3.05, 3.63) is 90.5 Å². The minimum Gasteiger partial charge on any atom is -0.305 e. The number of imidazole rings is 1. The lowest BCUT2D eigenvalue weighted by Crippen LogP contribution is -2.23. The maximum atomic E-state index is 14.1. The van der Waals surface area contributed by atoms with Crippen LogP contribution in [0.25, 0.3) is 16.6 Å². The Morgan fingerprint density at radius 1 is 1.04 bits per heavy atom. The average molecular weight is 372 g/mol. The Labute approximate surface area is 163 Å². The highest BCUT2D eigenvalue weighted by Crippen LogP contribution is 2.35. The summed E-state index contributed by atoms with van der Waals surface area (Å²) in [5, 5.41) is 0. The molecular formula is C23H21FN4. The number of hydrogen-bond donors (Lipinski definition) is 0. The van der Waals surface area contributed by atoms with Crippen LogP contribution in [-0.2, 0) is 6.54 Å². The first-order chi connectivity index (χ1) is 13.8. The molecule has 4 aromatic rings. The van der Waals surface area contributed by atoms with Crippen LogP contribution in [0.15, 0.2) is 73.4 Å². The second-order valence-electron chi connectivity index (χ2n) is 7.30. The molecular weight excluding hydrogens is 351 g/mol. The lowest BCUT2D eigenvalue weighted by molar-refractivity contribution is 0.243. The predicted octanol–water partition coefficient (Wildman–Crippen LogP) is 4.87. The smallest absolute Gasteiger partial charge is 0.127 e. The fraction of sp³-hybridized carbons (Fsp3) is 0.217. The van der Waals surface area contributed by atoms with Gasteiger partial charge in [-0.3, -0.25) is 9.88 Å².